The van der Waals surface area contributed by atoms with Gasteiger partial charge in [0.2, 0.25) is 0 Å². The quantitative estimate of drug-likeness (QED) is 0.724. The van der Waals surface area contributed by atoms with E-state index in [2.05, 4.69) is 29.5 Å². The number of aliphatic hydroxyl groups is 1. The summed E-state index contributed by atoms with van der Waals surface area (Å²) in [6.45, 7) is 10.6. The molecule has 1 atom stereocenters. The van der Waals surface area contributed by atoms with E-state index in [-0.39, 0.29) is 18.5 Å². The van der Waals surface area contributed by atoms with Crippen molar-refractivity contribution >= 4 is 17.4 Å². The van der Waals surface area contributed by atoms with Crippen molar-refractivity contribution in [3.8, 4) is 0 Å². The summed E-state index contributed by atoms with van der Waals surface area (Å²) in [4.78, 5) is 16.2. The first-order chi connectivity index (χ1) is 9.72. The average molecular weight is 313 g/mol. The van der Waals surface area contributed by atoms with Gasteiger partial charge in [0.05, 0.1) is 16.3 Å². The van der Waals surface area contributed by atoms with Crippen LogP contribution in [0.3, 0.4) is 0 Å². The molecule has 21 heavy (non-hydrogen) atoms. The third kappa shape index (κ3) is 6.01. The molecular formula is C15H27N3O2S. The molecule has 0 aliphatic carbocycles. The van der Waals surface area contributed by atoms with Crippen LogP contribution in [0.25, 0.3) is 0 Å². The first-order valence-electron chi connectivity index (χ1n) is 7.40. The second-order valence-corrected chi connectivity index (χ2v) is 7.09. The number of rotatable bonds is 7. The third-order valence-electron chi connectivity index (χ3n) is 3.58. The SMILES string of the molecule is CC(C)c1nc(CCNC(=O)NCC(C)(O)C(C)C)cs1. The number of hydrogen-bond acceptors (Lipinski definition) is 4. The van der Waals surface area contributed by atoms with E-state index in [0.29, 0.717) is 12.5 Å². The number of nitrogens with one attached hydrogen (secondary N) is 2. The molecule has 0 radical (unpaired) electrons. The minimum absolute atomic E-state index is 0.0854. The van der Waals surface area contributed by atoms with E-state index >= 15 is 0 Å². The molecule has 1 rings (SSSR count). The Morgan fingerprint density at radius 3 is 2.57 bits per heavy atom. The number of aromatic nitrogens is 1. The molecule has 0 aliphatic rings. The van der Waals surface area contributed by atoms with Crippen molar-refractivity contribution in [2.45, 2.75) is 52.6 Å². The zero-order valence-corrected chi connectivity index (χ0v) is 14.4. The maximum absolute atomic E-state index is 11.7. The summed E-state index contributed by atoms with van der Waals surface area (Å²) in [5.41, 5.74) is 0.122. The molecule has 0 aromatic carbocycles. The molecule has 1 aromatic rings. The monoisotopic (exact) mass is 313 g/mol. The zero-order valence-electron chi connectivity index (χ0n) is 13.6. The predicted molar refractivity (Wildman–Crippen MR) is 86.8 cm³/mol. The molecule has 1 aromatic heterocycles. The van der Waals surface area contributed by atoms with Gasteiger partial charge in [-0.05, 0) is 12.8 Å². The molecule has 120 valence electrons. The van der Waals surface area contributed by atoms with Gasteiger partial charge in [-0.25, -0.2) is 9.78 Å². The fourth-order valence-electron chi connectivity index (χ4n) is 1.53. The molecule has 0 bridgehead atoms. The van der Waals surface area contributed by atoms with E-state index in [1.807, 2.05) is 19.2 Å². The van der Waals surface area contributed by atoms with Crippen LogP contribution in [-0.2, 0) is 6.42 Å². The highest BCUT2D eigenvalue weighted by molar-refractivity contribution is 7.09. The number of hydrogen-bond donors (Lipinski definition) is 3. The number of carbonyl (C=O) groups is 1. The Kier molecular flexibility index (Phi) is 6.61. The van der Waals surface area contributed by atoms with E-state index in [1.165, 1.54) is 0 Å². The number of urea groups is 1. The molecule has 0 fully saturated rings. The maximum Gasteiger partial charge on any atom is 0.314 e. The normalized spacial score (nSPS) is 14.3. The van der Waals surface area contributed by atoms with E-state index in [4.69, 9.17) is 0 Å². The van der Waals surface area contributed by atoms with Gasteiger partial charge < -0.3 is 15.7 Å². The van der Waals surface area contributed by atoms with Gasteiger partial charge in [-0.15, -0.1) is 11.3 Å². The highest BCUT2D eigenvalue weighted by Gasteiger charge is 2.25. The first-order valence-corrected chi connectivity index (χ1v) is 8.28. The molecule has 6 heteroatoms. The van der Waals surface area contributed by atoms with Crippen LogP contribution in [0.15, 0.2) is 5.38 Å². The summed E-state index contributed by atoms with van der Waals surface area (Å²) in [5.74, 6) is 0.528. The lowest BCUT2D eigenvalue weighted by Gasteiger charge is -2.27. The van der Waals surface area contributed by atoms with Crippen molar-refractivity contribution < 1.29 is 9.90 Å². The van der Waals surface area contributed by atoms with Gasteiger partial charge >= 0.3 is 6.03 Å². The largest absolute Gasteiger partial charge is 0.388 e. The molecule has 0 saturated carbocycles. The highest BCUT2D eigenvalue weighted by Crippen LogP contribution is 2.19. The average Bonchev–Trinajstić information content (AvgIpc) is 2.85. The van der Waals surface area contributed by atoms with Crippen LogP contribution < -0.4 is 10.6 Å². The molecule has 0 aliphatic heterocycles. The van der Waals surface area contributed by atoms with E-state index in [9.17, 15) is 9.90 Å². The minimum Gasteiger partial charge on any atom is -0.388 e. The lowest BCUT2D eigenvalue weighted by atomic mass is 9.93. The smallest absolute Gasteiger partial charge is 0.314 e. The maximum atomic E-state index is 11.7. The van der Waals surface area contributed by atoms with Crippen LogP contribution in [0.1, 0.15) is 51.2 Å². The molecule has 1 heterocycles. The predicted octanol–water partition coefficient (Wildman–Crippen LogP) is 2.52. The van der Waals surface area contributed by atoms with Crippen LogP contribution in [0.5, 0.6) is 0 Å². The van der Waals surface area contributed by atoms with Crippen LogP contribution >= 0.6 is 11.3 Å². The Balaban J connectivity index is 2.27. The van der Waals surface area contributed by atoms with Crippen molar-refractivity contribution in [2.75, 3.05) is 13.1 Å². The number of thiazole rings is 1. The second-order valence-electron chi connectivity index (χ2n) is 6.20. The third-order valence-corrected chi connectivity index (χ3v) is 4.77. The molecule has 1 unspecified atom stereocenters. The number of carbonyl (C=O) groups excluding carboxylic acids is 1. The Morgan fingerprint density at radius 2 is 2.05 bits per heavy atom. The van der Waals surface area contributed by atoms with Crippen LogP contribution in [0.4, 0.5) is 4.79 Å². The molecule has 5 nitrogen and oxygen atoms in total. The Hall–Kier alpha value is -1.14. The van der Waals surface area contributed by atoms with Gasteiger partial charge in [-0.3, -0.25) is 0 Å². The van der Waals surface area contributed by atoms with Gasteiger partial charge in [-0.2, -0.15) is 0 Å². The number of amides is 2. The number of nitrogens with zero attached hydrogens (tertiary/aromatic N) is 1. The van der Waals surface area contributed by atoms with Crippen LogP contribution in [0, 0.1) is 5.92 Å². The fraction of sp³-hybridized carbons (Fsp3) is 0.733. The molecule has 2 amide bonds. The molecular weight excluding hydrogens is 286 g/mol. The lowest BCUT2D eigenvalue weighted by molar-refractivity contribution is 0.0166. The van der Waals surface area contributed by atoms with Crippen LogP contribution in [0.2, 0.25) is 0 Å². The summed E-state index contributed by atoms with van der Waals surface area (Å²) in [6.07, 6.45) is 0.719. The van der Waals surface area contributed by atoms with E-state index in [1.54, 1.807) is 18.3 Å². The second kappa shape index (κ2) is 7.75. The minimum atomic E-state index is -0.890. The van der Waals surface area contributed by atoms with Crippen molar-refractivity contribution in [3.63, 3.8) is 0 Å². The summed E-state index contributed by atoms with van der Waals surface area (Å²) in [5, 5.41) is 18.7. The van der Waals surface area contributed by atoms with Crippen molar-refractivity contribution in [3.05, 3.63) is 16.1 Å². The van der Waals surface area contributed by atoms with E-state index < -0.39 is 5.60 Å². The van der Waals surface area contributed by atoms with Crippen molar-refractivity contribution in [1.29, 1.82) is 0 Å². The molecule has 3 N–H and O–H groups in total. The highest BCUT2D eigenvalue weighted by atomic mass is 32.1. The van der Waals surface area contributed by atoms with Crippen molar-refractivity contribution in [2.24, 2.45) is 5.92 Å². The molecule has 0 saturated heterocycles. The topological polar surface area (TPSA) is 74.2 Å². The van der Waals surface area contributed by atoms with Gasteiger partial charge in [0.25, 0.3) is 0 Å². The first kappa shape index (κ1) is 17.9. The van der Waals surface area contributed by atoms with E-state index in [0.717, 1.165) is 17.1 Å². The van der Waals surface area contributed by atoms with Crippen LogP contribution in [-0.4, -0.2) is 34.8 Å². The Labute approximate surface area is 131 Å². The summed E-state index contributed by atoms with van der Waals surface area (Å²) < 4.78 is 0. The lowest BCUT2D eigenvalue weighted by Crippen LogP contribution is -2.47. The zero-order chi connectivity index (χ0) is 16.0. The van der Waals surface area contributed by atoms with Gasteiger partial charge in [0.1, 0.15) is 0 Å². The summed E-state index contributed by atoms with van der Waals surface area (Å²) in [7, 11) is 0. The van der Waals surface area contributed by atoms with Gasteiger partial charge in [0.15, 0.2) is 0 Å². The summed E-state index contributed by atoms with van der Waals surface area (Å²) in [6, 6.07) is -0.254. The van der Waals surface area contributed by atoms with Crippen molar-refractivity contribution in [1.82, 2.24) is 15.6 Å². The Bertz CT molecular complexity index is 456. The Morgan fingerprint density at radius 1 is 1.38 bits per heavy atom. The summed E-state index contributed by atoms with van der Waals surface area (Å²) >= 11 is 1.66. The standard InChI is InChI=1S/C15H27N3O2S/c1-10(2)13-18-12(8-21-13)6-7-16-14(19)17-9-15(5,20)11(3)4/h8,10-11,20H,6-7,9H2,1-5H3,(H2,16,17,19). The van der Waals surface area contributed by atoms with Gasteiger partial charge in [0, 0.05) is 30.8 Å². The van der Waals surface area contributed by atoms with Gasteiger partial charge in [-0.1, -0.05) is 27.7 Å². The fourth-order valence-corrected chi connectivity index (χ4v) is 2.40. The molecule has 0 spiro atoms.